The number of imidazole rings is 1. The Bertz CT molecular complexity index is 738. The molecule has 0 aliphatic carbocycles. The summed E-state index contributed by atoms with van der Waals surface area (Å²) in [5, 5.41) is 0. The minimum atomic E-state index is 0.0558. The van der Waals surface area contributed by atoms with Gasteiger partial charge in [-0.15, -0.1) is 0 Å². The van der Waals surface area contributed by atoms with Crippen LogP contribution in [0.1, 0.15) is 42.6 Å². The van der Waals surface area contributed by atoms with Gasteiger partial charge in [-0.05, 0) is 50.8 Å². The van der Waals surface area contributed by atoms with E-state index in [0.29, 0.717) is 5.92 Å². The van der Waals surface area contributed by atoms with Gasteiger partial charge in [-0.1, -0.05) is 12.1 Å². The Morgan fingerprint density at radius 1 is 1.36 bits per heavy atom. The Morgan fingerprint density at radius 3 is 3.00 bits per heavy atom. The first-order chi connectivity index (χ1) is 12.1. The zero-order valence-corrected chi connectivity index (χ0v) is 15.4. The van der Waals surface area contributed by atoms with E-state index in [1.165, 1.54) is 5.56 Å². The van der Waals surface area contributed by atoms with Crippen LogP contribution >= 0.6 is 0 Å². The largest absolute Gasteiger partial charge is 0.483 e. The lowest BCUT2D eigenvalue weighted by molar-refractivity contribution is -0.134. The first-order valence-corrected chi connectivity index (χ1v) is 9.08. The Kier molecular flexibility index (Phi) is 5.41. The lowest BCUT2D eigenvalue weighted by atomic mass is 9.97. The Morgan fingerprint density at radius 2 is 2.20 bits per heavy atom. The fraction of sp³-hybridized carbons (Fsp3) is 0.500. The van der Waals surface area contributed by atoms with Crippen LogP contribution in [0, 0.1) is 13.8 Å². The Hall–Kier alpha value is -2.30. The van der Waals surface area contributed by atoms with Crippen molar-refractivity contribution >= 4 is 5.91 Å². The number of benzene rings is 1. The molecule has 1 aliphatic rings. The van der Waals surface area contributed by atoms with Gasteiger partial charge in [0.2, 0.25) is 0 Å². The van der Waals surface area contributed by atoms with Crippen molar-refractivity contribution in [2.75, 3.05) is 19.7 Å². The lowest BCUT2D eigenvalue weighted by Crippen LogP contribution is -2.42. The summed E-state index contributed by atoms with van der Waals surface area (Å²) in [6.07, 6.45) is 5.96. The van der Waals surface area contributed by atoms with Crippen molar-refractivity contribution in [3.63, 3.8) is 0 Å². The smallest absolute Gasteiger partial charge is 0.260 e. The molecule has 1 fully saturated rings. The van der Waals surface area contributed by atoms with E-state index in [9.17, 15) is 4.79 Å². The maximum absolute atomic E-state index is 12.6. The summed E-state index contributed by atoms with van der Waals surface area (Å²) in [5.74, 6) is 2.26. The summed E-state index contributed by atoms with van der Waals surface area (Å²) in [6.45, 7) is 8.74. The summed E-state index contributed by atoms with van der Waals surface area (Å²) in [7, 11) is 0. The number of likely N-dealkylation sites (tertiary alicyclic amines) is 1. The van der Waals surface area contributed by atoms with Crippen LogP contribution in [0.15, 0.2) is 30.6 Å². The highest BCUT2D eigenvalue weighted by atomic mass is 16.5. The van der Waals surface area contributed by atoms with E-state index in [2.05, 4.69) is 29.5 Å². The molecule has 1 aromatic carbocycles. The predicted octanol–water partition coefficient (Wildman–Crippen LogP) is 3.30. The van der Waals surface area contributed by atoms with Crippen molar-refractivity contribution < 1.29 is 9.53 Å². The van der Waals surface area contributed by atoms with Crippen LogP contribution in [0.2, 0.25) is 0 Å². The molecule has 0 N–H and O–H groups in total. The van der Waals surface area contributed by atoms with Gasteiger partial charge in [0, 0.05) is 37.9 Å². The molecule has 134 valence electrons. The first-order valence-electron chi connectivity index (χ1n) is 9.08. The maximum Gasteiger partial charge on any atom is 0.260 e. The van der Waals surface area contributed by atoms with Gasteiger partial charge in [-0.2, -0.15) is 0 Å². The molecule has 3 rings (SSSR count). The molecule has 0 bridgehead atoms. The number of nitrogens with zero attached hydrogens (tertiary/aromatic N) is 3. The standard InChI is InChI=1S/C20H27N3O2/c1-4-22-12-10-21-20(22)17-8-6-11-23(13-17)19(24)14-25-18-9-5-7-15(2)16(18)3/h5,7,9-10,12,17H,4,6,8,11,13-14H2,1-3H3/t17-/m1/s1. The highest BCUT2D eigenvalue weighted by molar-refractivity contribution is 5.78. The van der Waals surface area contributed by atoms with Gasteiger partial charge in [-0.3, -0.25) is 4.79 Å². The molecule has 0 spiro atoms. The average molecular weight is 341 g/mol. The number of hydrogen-bond acceptors (Lipinski definition) is 3. The summed E-state index contributed by atoms with van der Waals surface area (Å²) < 4.78 is 7.96. The van der Waals surface area contributed by atoms with Gasteiger partial charge in [-0.25, -0.2) is 4.98 Å². The number of ether oxygens (including phenoxy) is 1. The van der Waals surface area contributed by atoms with Crippen molar-refractivity contribution in [3.05, 3.63) is 47.5 Å². The van der Waals surface area contributed by atoms with Crippen molar-refractivity contribution in [3.8, 4) is 5.75 Å². The third-order valence-corrected chi connectivity index (χ3v) is 5.13. The molecule has 2 aromatic rings. The molecule has 5 heteroatoms. The molecule has 1 amide bonds. The second-order valence-corrected chi connectivity index (χ2v) is 6.74. The van der Waals surface area contributed by atoms with E-state index in [4.69, 9.17) is 4.74 Å². The lowest BCUT2D eigenvalue weighted by Gasteiger charge is -2.32. The van der Waals surface area contributed by atoms with Crippen molar-refractivity contribution in [1.82, 2.24) is 14.5 Å². The molecule has 1 atom stereocenters. The van der Waals surface area contributed by atoms with Crippen LogP contribution in [-0.4, -0.2) is 40.1 Å². The molecule has 1 aliphatic heterocycles. The number of carbonyl (C=O) groups excluding carboxylic acids is 1. The minimum absolute atomic E-state index is 0.0558. The highest BCUT2D eigenvalue weighted by Crippen LogP contribution is 2.26. The van der Waals surface area contributed by atoms with Gasteiger partial charge in [0.05, 0.1) is 0 Å². The second kappa shape index (κ2) is 7.72. The van der Waals surface area contributed by atoms with Gasteiger partial charge < -0.3 is 14.2 Å². The Balaban J connectivity index is 1.61. The normalized spacial score (nSPS) is 17.6. The van der Waals surface area contributed by atoms with E-state index in [-0.39, 0.29) is 12.5 Å². The second-order valence-electron chi connectivity index (χ2n) is 6.74. The maximum atomic E-state index is 12.6. The number of aromatic nitrogens is 2. The molecule has 1 aromatic heterocycles. The molecule has 1 saturated heterocycles. The van der Waals surface area contributed by atoms with Crippen LogP contribution in [0.25, 0.3) is 0 Å². The zero-order chi connectivity index (χ0) is 17.8. The third kappa shape index (κ3) is 3.86. The predicted molar refractivity (Wildman–Crippen MR) is 97.9 cm³/mol. The minimum Gasteiger partial charge on any atom is -0.483 e. The van der Waals surface area contributed by atoms with Gasteiger partial charge in [0.15, 0.2) is 6.61 Å². The monoisotopic (exact) mass is 341 g/mol. The molecular weight excluding hydrogens is 314 g/mol. The number of aryl methyl sites for hydroxylation is 2. The molecule has 2 heterocycles. The number of rotatable bonds is 5. The van der Waals surface area contributed by atoms with Crippen molar-refractivity contribution in [2.45, 2.75) is 46.1 Å². The molecular formula is C20H27N3O2. The SMILES string of the molecule is CCn1ccnc1[C@@H]1CCCN(C(=O)COc2cccc(C)c2C)C1. The molecule has 0 radical (unpaired) electrons. The fourth-order valence-corrected chi connectivity index (χ4v) is 3.47. The van der Waals surface area contributed by atoms with Crippen LogP contribution in [-0.2, 0) is 11.3 Å². The summed E-state index contributed by atoms with van der Waals surface area (Å²) in [4.78, 5) is 19.0. The van der Waals surface area contributed by atoms with E-state index in [1.54, 1.807) is 0 Å². The third-order valence-electron chi connectivity index (χ3n) is 5.13. The van der Waals surface area contributed by atoms with Crippen molar-refractivity contribution in [2.24, 2.45) is 0 Å². The molecule has 0 saturated carbocycles. The number of carbonyl (C=O) groups is 1. The van der Waals surface area contributed by atoms with E-state index in [0.717, 1.165) is 49.6 Å². The van der Waals surface area contributed by atoms with Gasteiger partial charge in [0.1, 0.15) is 11.6 Å². The first kappa shape index (κ1) is 17.5. The van der Waals surface area contributed by atoms with E-state index >= 15 is 0 Å². The van der Waals surface area contributed by atoms with E-state index < -0.39 is 0 Å². The summed E-state index contributed by atoms with van der Waals surface area (Å²) in [5.41, 5.74) is 2.27. The highest BCUT2D eigenvalue weighted by Gasteiger charge is 2.27. The van der Waals surface area contributed by atoms with Crippen LogP contribution in [0.4, 0.5) is 0 Å². The number of piperidine rings is 1. The summed E-state index contributed by atoms with van der Waals surface area (Å²) >= 11 is 0. The van der Waals surface area contributed by atoms with Crippen LogP contribution in [0.3, 0.4) is 0 Å². The van der Waals surface area contributed by atoms with Crippen molar-refractivity contribution in [1.29, 1.82) is 0 Å². The Labute approximate surface area is 149 Å². The summed E-state index contributed by atoms with van der Waals surface area (Å²) in [6, 6.07) is 5.94. The molecule has 5 nitrogen and oxygen atoms in total. The molecule has 25 heavy (non-hydrogen) atoms. The van der Waals surface area contributed by atoms with Crippen LogP contribution < -0.4 is 4.74 Å². The topological polar surface area (TPSA) is 47.4 Å². The van der Waals surface area contributed by atoms with Gasteiger partial charge >= 0.3 is 0 Å². The van der Waals surface area contributed by atoms with Crippen LogP contribution in [0.5, 0.6) is 5.75 Å². The zero-order valence-electron chi connectivity index (χ0n) is 15.4. The van der Waals surface area contributed by atoms with E-state index in [1.807, 2.05) is 36.4 Å². The van der Waals surface area contributed by atoms with Gasteiger partial charge in [0.25, 0.3) is 5.91 Å². The average Bonchev–Trinajstić information content (AvgIpc) is 3.11. The fourth-order valence-electron chi connectivity index (χ4n) is 3.47. The number of amides is 1. The number of hydrogen-bond donors (Lipinski definition) is 0. The quantitative estimate of drug-likeness (QED) is 0.838. The molecule has 0 unspecified atom stereocenters.